The Hall–Kier alpha value is -7.17. The molecule has 1 unspecified atom stereocenters. The van der Waals surface area contributed by atoms with Gasteiger partial charge in [-0.05, 0) is 93.0 Å². The Kier molecular flexibility index (Phi) is 15.0. The second kappa shape index (κ2) is 22.0. The highest BCUT2D eigenvalue weighted by molar-refractivity contribution is 7.85. The molecule has 5 aromatic carbocycles. The third-order valence-corrected chi connectivity index (χ3v) is 15.6. The number of aromatic nitrogens is 3. The van der Waals surface area contributed by atoms with Crippen LogP contribution in [-0.2, 0) is 34.2 Å². The molecular weight excluding hydrogens is 970 g/mol. The van der Waals surface area contributed by atoms with Crippen LogP contribution in [0.5, 0.6) is 17.2 Å². The van der Waals surface area contributed by atoms with Gasteiger partial charge in [0.2, 0.25) is 11.3 Å². The highest BCUT2D eigenvalue weighted by Gasteiger charge is 2.41. The standard InChI is InChI=1S/C59H64FN7O7S/c1-4-65-26-15-21-42-32-46-54(34-51(42)65)74-55-35-52-44(33-47(55)62-46)43(38-75(70,71)72)36-59(2,3)67(52)27-16-22-56(68)61-25-13-5-6-14-28-73-53-24-23-40(29-45(53)60)31-49-58(69)66-37-50(41-19-11-8-12-20-41)63-48(57(66)64-49)30-39-17-9-7-10-18-39/h7-12,17-20,23-24,29,32-35,37,43H,4-6,13-16,21-22,25-28,30-31,36,38H2,1-3H3,(H2-,61,63,68,69,70,71,72). The van der Waals surface area contributed by atoms with Crippen LogP contribution < -0.4 is 40.5 Å². The third kappa shape index (κ3) is 11.7. The van der Waals surface area contributed by atoms with Crippen molar-refractivity contribution in [3.63, 3.8) is 0 Å². The van der Waals surface area contributed by atoms with E-state index < -0.39 is 33.1 Å². The first-order valence-corrected chi connectivity index (χ1v) is 27.9. The van der Waals surface area contributed by atoms with Gasteiger partial charge in [-0.15, -0.1) is 0 Å². The van der Waals surface area contributed by atoms with E-state index in [1.807, 2.05) is 86.6 Å². The van der Waals surface area contributed by atoms with Crippen molar-refractivity contribution in [2.75, 3.05) is 43.4 Å². The van der Waals surface area contributed by atoms with E-state index >= 15 is 4.39 Å². The summed E-state index contributed by atoms with van der Waals surface area (Å²) in [5.74, 6) is 0.351. The van der Waals surface area contributed by atoms with Gasteiger partial charge in [-0.3, -0.25) is 14.2 Å². The Bertz CT molecular complexity index is 3510. The van der Waals surface area contributed by atoms with Crippen LogP contribution in [0.1, 0.15) is 112 Å². The fraction of sp³-hybridized carbons (Fsp3) is 0.373. The molecule has 14 nitrogen and oxygen atoms in total. The molecule has 0 spiro atoms. The summed E-state index contributed by atoms with van der Waals surface area (Å²) in [6.45, 7) is 9.53. The number of carbonyl (C=O) groups is 1. The number of ether oxygens (including phenoxy) is 2. The number of hydrogen-bond acceptors (Lipinski definition) is 10. The molecule has 0 saturated carbocycles. The molecule has 390 valence electrons. The number of carbonyl (C=O) groups excluding carboxylic acids is 1. The van der Waals surface area contributed by atoms with Gasteiger partial charge in [0.1, 0.15) is 23.3 Å². The van der Waals surface area contributed by atoms with E-state index in [0.29, 0.717) is 85.7 Å². The summed E-state index contributed by atoms with van der Waals surface area (Å²) in [4.78, 5) is 42.5. The summed E-state index contributed by atoms with van der Waals surface area (Å²) in [7, 11) is -4.53. The van der Waals surface area contributed by atoms with Crippen molar-refractivity contribution in [2.24, 2.45) is 4.99 Å². The van der Waals surface area contributed by atoms with Crippen LogP contribution in [0.15, 0.2) is 119 Å². The van der Waals surface area contributed by atoms with Crippen LogP contribution >= 0.6 is 0 Å². The summed E-state index contributed by atoms with van der Waals surface area (Å²) < 4.78 is 68.1. The minimum absolute atomic E-state index is 0.0487. The van der Waals surface area contributed by atoms with Gasteiger partial charge in [0.15, 0.2) is 34.4 Å². The van der Waals surface area contributed by atoms with Crippen molar-refractivity contribution in [3.05, 3.63) is 170 Å². The lowest BCUT2D eigenvalue weighted by Crippen LogP contribution is -2.54. The van der Waals surface area contributed by atoms with Gasteiger partial charge in [0.05, 0.1) is 34.2 Å². The summed E-state index contributed by atoms with van der Waals surface area (Å²) in [6, 6.07) is 32.6. The van der Waals surface area contributed by atoms with E-state index in [1.165, 1.54) is 11.6 Å². The fourth-order valence-corrected chi connectivity index (χ4v) is 11.9. The van der Waals surface area contributed by atoms with Crippen LogP contribution in [-0.4, -0.2) is 77.5 Å². The number of aromatic amines is 1. The highest BCUT2D eigenvalue weighted by Crippen LogP contribution is 2.42. The Labute approximate surface area is 437 Å². The van der Waals surface area contributed by atoms with Gasteiger partial charge in [-0.1, -0.05) is 79.6 Å². The second-order valence-electron chi connectivity index (χ2n) is 20.7. The molecule has 0 aromatic heterocycles. The molecule has 5 aliphatic rings. The average molecular weight is 1030 g/mol. The summed E-state index contributed by atoms with van der Waals surface area (Å²) >= 11 is 0. The Morgan fingerprint density at radius 3 is 2.51 bits per heavy atom. The SMILES string of the molecule is CCN1CCCc2cc3c(cc21)Oc1cc2c(cc1=N3)C(CS(=O)(=O)[O-])CC(C)(C)[N+]=2CCCC(=O)NCCCCCCOc1ccc(Cc2nc3c(Cc4ccccc4)[nH]c(-c4ccccc4)cn-3c2=O)cc1F. The van der Waals surface area contributed by atoms with Crippen LogP contribution in [0.2, 0.25) is 0 Å². The molecule has 0 aliphatic carbocycles. The monoisotopic (exact) mass is 1030 g/mol. The molecule has 5 aliphatic heterocycles. The van der Waals surface area contributed by atoms with Crippen LogP contribution in [0.3, 0.4) is 0 Å². The zero-order chi connectivity index (χ0) is 52.3. The molecule has 1 atom stereocenters. The molecule has 0 fully saturated rings. The lowest BCUT2D eigenvalue weighted by Gasteiger charge is -2.34. The number of rotatable bonds is 20. The number of unbranched alkanes of at least 4 members (excludes halogenated alkanes) is 3. The normalized spacial score (nSPS) is 15.6. The van der Waals surface area contributed by atoms with Crippen LogP contribution in [0, 0.1) is 5.82 Å². The zero-order valence-corrected chi connectivity index (χ0v) is 43.7. The van der Waals surface area contributed by atoms with Crippen molar-refractivity contribution in [3.8, 4) is 34.3 Å². The number of aryl methyl sites for hydroxylation is 1. The molecule has 1 amide bonds. The van der Waals surface area contributed by atoms with Gasteiger partial charge in [0.25, 0.3) is 5.56 Å². The van der Waals surface area contributed by atoms with E-state index in [0.717, 1.165) is 90.0 Å². The van der Waals surface area contributed by atoms with Crippen LogP contribution in [0.25, 0.3) is 17.1 Å². The number of anilines is 1. The quantitative estimate of drug-likeness (QED) is 0.0430. The van der Waals surface area contributed by atoms with Gasteiger partial charge in [0, 0.05) is 86.9 Å². The van der Waals surface area contributed by atoms with Crippen molar-refractivity contribution in [1.29, 1.82) is 0 Å². The lowest BCUT2D eigenvalue weighted by molar-refractivity contribution is -0.121. The number of benzene rings is 5. The minimum atomic E-state index is -4.53. The first-order valence-electron chi connectivity index (χ1n) is 26.3. The topological polar surface area (TPSA) is 174 Å². The number of imidazole rings is 1. The van der Waals surface area contributed by atoms with Crippen molar-refractivity contribution in [2.45, 2.75) is 103 Å². The molecule has 75 heavy (non-hydrogen) atoms. The fourth-order valence-electron chi connectivity index (χ4n) is 11.1. The Balaban J connectivity index is 0.704. The zero-order valence-electron chi connectivity index (χ0n) is 42.9. The lowest BCUT2D eigenvalue weighted by atomic mass is 9.82. The number of nitrogens with zero attached hydrogens (tertiary/aromatic N) is 5. The van der Waals surface area contributed by atoms with E-state index in [-0.39, 0.29) is 23.6 Å². The maximum atomic E-state index is 15.4. The number of fused-ring (bicyclic) bond motifs is 5. The molecule has 10 rings (SSSR count). The molecule has 0 radical (unpaired) electrons. The van der Waals surface area contributed by atoms with Crippen LogP contribution in [0.4, 0.5) is 15.8 Å². The summed E-state index contributed by atoms with van der Waals surface area (Å²) in [6.07, 6.45) is 9.04. The Morgan fingerprint density at radius 1 is 0.947 bits per heavy atom. The van der Waals surface area contributed by atoms with Gasteiger partial charge in [-0.25, -0.2) is 27.4 Å². The van der Waals surface area contributed by atoms with E-state index in [4.69, 9.17) is 19.5 Å². The largest absolute Gasteiger partial charge is 0.748 e. The third-order valence-electron chi connectivity index (χ3n) is 14.8. The van der Waals surface area contributed by atoms with Gasteiger partial charge < -0.3 is 29.2 Å². The molecule has 16 heteroatoms. The number of halogens is 1. The van der Waals surface area contributed by atoms with Crippen molar-refractivity contribution >= 4 is 27.4 Å². The second-order valence-corrected chi connectivity index (χ2v) is 22.2. The number of nitrogens with one attached hydrogen (secondary N) is 2. The van der Waals surface area contributed by atoms with Crippen molar-refractivity contribution < 1.29 is 31.6 Å². The molecule has 2 N–H and O–H groups in total. The van der Waals surface area contributed by atoms with E-state index in [2.05, 4.69) is 38.8 Å². The molecule has 5 aromatic rings. The maximum absolute atomic E-state index is 15.4. The molecule has 5 heterocycles. The molecule has 0 saturated heterocycles. The van der Waals surface area contributed by atoms with Gasteiger partial charge >= 0.3 is 0 Å². The first kappa shape index (κ1) is 51.3. The predicted molar refractivity (Wildman–Crippen MR) is 287 cm³/mol. The highest BCUT2D eigenvalue weighted by atomic mass is 32.2. The van der Waals surface area contributed by atoms with Gasteiger partial charge in [-0.2, -0.15) is 0 Å². The minimum Gasteiger partial charge on any atom is -0.748 e. The number of amides is 1. The number of H-pyrrole nitrogens is 1. The maximum Gasteiger partial charge on any atom is 0.278 e. The average Bonchev–Trinajstić information content (AvgIpc) is 3.70. The predicted octanol–water partition coefficient (Wildman–Crippen LogP) is 8.65. The Morgan fingerprint density at radius 2 is 1.73 bits per heavy atom. The van der Waals surface area contributed by atoms with E-state index in [1.54, 1.807) is 22.9 Å². The number of hydrogen-bond donors (Lipinski definition) is 2. The molecule has 0 bridgehead atoms. The summed E-state index contributed by atoms with van der Waals surface area (Å²) in [5.41, 5.74) is 7.67. The molecular formula is C59H64FN7O7S. The van der Waals surface area contributed by atoms with E-state index in [9.17, 15) is 22.6 Å². The first-order chi connectivity index (χ1) is 36.2. The summed E-state index contributed by atoms with van der Waals surface area (Å²) in [5, 5.41) is 4.44. The van der Waals surface area contributed by atoms with Crippen molar-refractivity contribution in [1.82, 2.24) is 24.4 Å². The smallest absolute Gasteiger partial charge is 0.278 e.